The van der Waals surface area contributed by atoms with E-state index in [1.165, 1.54) is 18.2 Å². The van der Waals surface area contributed by atoms with Crippen molar-refractivity contribution in [3.63, 3.8) is 0 Å². The smallest absolute Gasteiger partial charge is 0.239 e. The number of carbonyl (C=O) groups is 1. The van der Waals surface area contributed by atoms with E-state index in [1.54, 1.807) is 0 Å². The van der Waals surface area contributed by atoms with Crippen LogP contribution in [0.1, 0.15) is 39.0 Å². The SMILES string of the molecule is CCCCCCC(=O)Nc1ccc(S(N)(=O)=O)c(Cl)c1. The molecule has 0 aliphatic carbocycles. The third-order valence-electron chi connectivity index (χ3n) is 2.78. The Kier molecular flexibility index (Phi) is 6.45. The van der Waals surface area contributed by atoms with E-state index in [9.17, 15) is 13.2 Å². The lowest BCUT2D eigenvalue weighted by atomic mass is 10.1. The number of primary sulfonamides is 1. The fourth-order valence-electron chi connectivity index (χ4n) is 1.75. The second kappa shape index (κ2) is 7.61. The first-order chi connectivity index (χ1) is 9.34. The van der Waals surface area contributed by atoms with Gasteiger partial charge < -0.3 is 5.32 Å². The molecule has 5 nitrogen and oxygen atoms in total. The van der Waals surface area contributed by atoms with E-state index in [0.29, 0.717) is 12.1 Å². The van der Waals surface area contributed by atoms with Gasteiger partial charge in [-0.3, -0.25) is 4.79 Å². The van der Waals surface area contributed by atoms with E-state index in [0.717, 1.165) is 25.7 Å². The average molecular weight is 319 g/mol. The fourth-order valence-corrected chi connectivity index (χ4v) is 2.84. The number of unbranched alkanes of at least 4 members (excludes halogenated alkanes) is 3. The summed E-state index contributed by atoms with van der Waals surface area (Å²) in [4.78, 5) is 11.5. The molecule has 0 radical (unpaired) electrons. The number of benzene rings is 1. The van der Waals surface area contributed by atoms with Crippen LogP contribution in [-0.2, 0) is 14.8 Å². The third kappa shape index (κ3) is 5.48. The van der Waals surface area contributed by atoms with Crippen molar-refractivity contribution in [3.05, 3.63) is 23.2 Å². The zero-order chi connectivity index (χ0) is 15.2. The van der Waals surface area contributed by atoms with Crippen molar-refractivity contribution >= 4 is 33.2 Å². The average Bonchev–Trinajstić information content (AvgIpc) is 2.33. The lowest BCUT2D eigenvalue weighted by Gasteiger charge is -2.07. The van der Waals surface area contributed by atoms with Gasteiger partial charge in [0.05, 0.1) is 5.02 Å². The van der Waals surface area contributed by atoms with Crippen molar-refractivity contribution in [1.82, 2.24) is 0 Å². The molecule has 0 spiro atoms. The first-order valence-corrected chi connectivity index (χ1v) is 8.39. The van der Waals surface area contributed by atoms with Gasteiger partial charge >= 0.3 is 0 Å². The first-order valence-electron chi connectivity index (χ1n) is 6.46. The van der Waals surface area contributed by atoms with Crippen molar-refractivity contribution in [2.75, 3.05) is 5.32 Å². The fraction of sp³-hybridized carbons (Fsp3) is 0.462. The highest BCUT2D eigenvalue weighted by Crippen LogP contribution is 2.24. The molecule has 0 unspecified atom stereocenters. The number of rotatable bonds is 7. The van der Waals surface area contributed by atoms with Crippen molar-refractivity contribution in [2.45, 2.75) is 43.9 Å². The summed E-state index contributed by atoms with van der Waals surface area (Å²) in [6.07, 6.45) is 4.53. The molecule has 0 bridgehead atoms. The van der Waals surface area contributed by atoms with Gasteiger partial charge in [0.2, 0.25) is 15.9 Å². The topological polar surface area (TPSA) is 89.3 Å². The summed E-state index contributed by atoms with van der Waals surface area (Å²) in [6, 6.07) is 4.13. The van der Waals surface area contributed by atoms with Crippen LogP contribution in [0.15, 0.2) is 23.1 Å². The van der Waals surface area contributed by atoms with Gasteiger partial charge in [-0.25, -0.2) is 13.6 Å². The molecule has 7 heteroatoms. The maximum atomic E-state index is 11.7. The van der Waals surface area contributed by atoms with Crippen molar-refractivity contribution in [1.29, 1.82) is 0 Å². The summed E-state index contributed by atoms with van der Waals surface area (Å²) in [7, 11) is -3.84. The molecule has 0 aromatic heterocycles. The second-order valence-electron chi connectivity index (χ2n) is 4.55. The summed E-state index contributed by atoms with van der Waals surface area (Å²) >= 11 is 5.83. The van der Waals surface area contributed by atoms with Crippen molar-refractivity contribution in [2.24, 2.45) is 5.14 Å². The summed E-state index contributed by atoms with van der Waals surface area (Å²) in [5.74, 6) is -0.111. The Morgan fingerprint density at radius 1 is 1.30 bits per heavy atom. The molecule has 1 aromatic rings. The molecule has 0 saturated carbocycles. The number of halogens is 1. The predicted molar refractivity (Wildman–Crippen MR) is 80.2 cm³/mol. The molecule has 0 saturated heterocycles. The Hall–Kier alpha value is -1.11. The minimum atomic E-state index is -3.84. The highest BCUT2D eigenvalue weighted by molar-refractivity contribution is 7.89. The van der Waals surface area contributed by atoms with Gasteiger partial charge in [0.1, 0.15) is 4.90 Å². The van der Waals surface area contributed by atoms with Gasteiger partial charge in [0, 0.05) is 12.1 Å². The Morgan fingerprint density at radius 3 is 2.55 bits per heavy atom. The van der Waals surface area contributed by atoms with Crippen molar-refractivity contribution < 1.29 is 13.2 Å². The molecule has 0 aliphatic heterocycles. The number of amides is 1. The van der Waals surface area contributed by atoms with Crippen LogP contribution in [-0.4, -0.2) is 14.3 Å². The highest BCUT2D eigenvalue weighted by atomic mass is 35.5. The van der Waals surface area contributed by atoms with Crippen LogP contribution in [0.3, 0.4) is 0 Å². The van der Waals surface area contributed by atoms with Gasteiger partial charge in [0.25, 0.3) is 0 Å². The maximum Gasteiger partial charge on any atom is 0.239 e. The number of anilines is 1. The van der Waals surface area contributed by atoms with Gasteiger partial charge in [-0.15, -0.1) is 0 Å². The summed E-state index contributed by atoms with van der Waals surface area (Å²) in [6.45, 7) is 2.11. The Bertz CT molecular complexity index is 573. The number of nitrogens with one attached hydrogen (secondary N) is 1. The molecular weight excluding hydrogens is 300 g/mol. The molecule has 1 amide bonds. The van der Waals surface area contributed by atoms with Gasteiger partial charge in [0.15, 0.2) is 0 Å². The van der Waals surface area contributed by atoms with Crippen LogP contribution >= 0.6 is 11.6 Å². The van der Waals surface area contributed by atoms with Crippen LogP contribution in [0, 0.1) is 0 Å². The molecule has 112 valence electrons. The molecule has 0 fully saturated rings. The molecule has 0 atom stereocenters. The molecule has 0 aliphatic rings. The van der Waals surface area contributed by atoms with Crippen LogP contribution in [0.25, 0.3) is 0 Å². The lowest BCUT2D eigenvalue weighted by molar-refractivity contribution is -0.116. The number of sulfonamides is 1. The van der Waals surface area contributed by atoms with E-state index in [4.69, 9.17) is 16.7 Å². The van der Waals surface area contributed by atoms with E-state index in [-0.39, 0.29) is 15.8 Å². The van der Waals surface area contributed by atoms with E-state index in [1.807, 2.05) is 0 Å². The van der Waals surface area contributed by atoms with E-state index >= 15 is 0 Å². The first kappa shape index (κ1) is 16.9. The highest BCUT2D eigenvalue weighted by Gasteiger charge is 2.13. The van der Waals surface area contributed by atoms with Gasteiger partial charge in [-0.1, -0.05) is 37.8 Å². The Morgan fingerprint density at radius 2 is 2.00 bits per heavy atom. The summed E-state index contributed by atoms with van der Waals surface area (Å²) in [5, 5.41) is 7.68. The maximum absolute atomic E-state index is 11.7. The Balaban J connectivity index is 2.61. The van der Waals surface area contributed by atoms with Crippen LogP contribution in [0.2, 0.25) is 5.02 Å². The molecule has 3 N–H and O–H groups in total. The van der Waals surface area contributed by atoms with Crippen LogP contribution < -0.4 is 10.5 Å². The number of hydrogen-bond donors (Lipinski definition) is 2. The summed E-state index contributed by atoms with van der Waals surface area (Å²) < 4.78 is 22.4. The minimum Gasteiger partial charge on any atom is -0.326 e. The molecule has 0 heterocycles. The monoisotopic (exact) mass is 318 g/mol. The van der Waals surface area contributed by atoms with Crippen molar-refractivity contribution in [3.8, 4) is 0 Å². The molecular formula is C13H19ClN2O3S. The quantitative estimate of drug-likeness (QED) is 0.757. The second-order valence-corrected chi connectivity index (χ2v) is 6.49. The largest absolute Gasteiger partial charge is 0.326 e. The van der Waals surface area contributed by atoms with E-state index < -0.39 is 10.0 Å². The van der Waals surface area contributed by atoms with Crippen LogP contribution in [0.5, 0.6) is 0 Å². The number of hydrogen-bond acceptors (Lipinski definition) is 3. The van der Waals surface area contributed by atoms with E-state index in [2.05, 4.69) is 12.2 Å². The Labute approximate surface area is 124 Å². The number of carbonyl (C=O) groups excluding carboxylic acids is 1. The van der Waals surface area contributed by atoms with Gasteiger partial charge in [-0.2, -0.15) is 0 Å². The van der Waals surface area contributed by atoms with Gasteiger partial charge in [-0.05, 0) is 24.6 Å². The third-order valence-corrected chi connectivity index (χ3v) is 4.17. The zero-order valence-corrected chi connectivity index (χ0v) is 12.9. The molecule has 20 heavy (non-hydrogen) atoms. The molecule has 1 aromatic carbocycles. The molecule has 1 rings (SSSR count). The lowest BCUT2D eigenvalue weighted by Crippen LogP contribution is -2.14. The predicted octanol–water partition coefficient (Wildman–Crippen LogP) is 2.90. The number of nitrogens with two attached hydrogens (primary N) is 1. The normalized spacial score (nSPS) is 11.3. The minimum absolute atomic E-state index is 0.00344. The van der Waals surface area contributed by atoms with Crippen LogP contribution in [0.4, 0.5) is 5.69 Å². The zero-order valence-electron chi connectivity index (χ0n) is 11.4. The summed E-state index contributed by atoms with van der Waals surface area (Å²) in [5.41, 5.74) is 0.461. The standard InChI is InChI=1S/C13H19ClN2O3S/c1-2-3-4-5-6-13(17)16-10-7-8-12(11(14)9-10)20(15,18)19/h7-9H,2-6H2,1H3,(H,16,17)(H2,15,18,19).